The topological polar surface area (TPSA) is 55.9 Å². The first-order valence-corrected chi connectivity index (χ1v) is 7.55. The molecule has 1 aliphatic heterocycles. The van der Waals surface area contributed by atoms with Gasteiger partial charge in [-0.05, 0) is 30.7 Å². The molecule has 1 heterocycles. The Morgan fingerprint density at radius 2 is 2.00 bits per heavy atom. The third kappa shape index (κ3) is 3.55. The van der Waals surface area contributed by atoms with E-state index < -0.39 is 36.2 Å². The van der Waals surface area contributed by atoms with Crippen LogP contribution in [0.15, 0.2) is 30.3 Å². The highest BCUT2D eigenvalue weighted by molar-refractivity contribution is 5.96. The minimum absolute atomic E-state index is 0.155. The molecule has 3 rings (SSSR count). The number of alkyl halides is 3. The lowest BCUT2D eigenvalue weighted by Crippen LogP contribution is -2.30. The molecule has 3 unspecified atom stereocenters. The van der Waals surface area contributed by atoms with E-state index in [9.17, 15) is 22.8 Å². The monoisotopic (exact) mass is 340 g/mol. The molecule has 3 atom stereocenters. The van der Waals surface area contributed by atoms with E-state index in [1.165, 1.54) is 0 Å². The fourth-order valence-electron chi connectivity index (χ4n) is 3.28. The van der Waals surface area contributed by atoms with E-state index in [0.29, 0.717) is 12.8 Å². The predicted molar refractivity (Wildman–Crippen MR) is 75.9 cm³/mol. The molecule has 7 heteroatoms. The van der Waals surface area contributed by atoms with E-state index in [0.717, 1.165) is 5.56 Å². The van der Waals surface area contributed by atoms with Crippen molar-refractivity contribution in [2.75, 3.05) is 0 Å². The van der Waals surface area contributed by atoms with E-state index in [4.69, 9.17) is 4.74 Å². The third-order valence-corrected chi connectivity index (χ3v) is 4.45. The second kappa shape index (κ2) is 6.11. The van der Waals surface area contributed by atoms with Gasteiger partial charge in [0.05, 0.1) is 6.42 Å². The summed E-state index contributed by atoms with van der Waals surface area (Å²) in [4.78, 5) is 23.1. The third-order valence-electron chi connectivity index (χ3n) is 4.45. The van der Waals surface area contributed by atoms with Crippen LogP contribution in [0.4, 0.5) is 13.2 Å². The molecule has 4 nitrogen and oxygen atoms in total. The number of carbonyl (C=O) groups excluding carboxylic acids is 2. The van der Waals surface area contributed by atoms with Crippen LogP contribution in [-0.2, 0) is 19.1 Å². The summed E-state index contributed by atoms with van der Waals surface area (Å²) in [6, 6.07) is 9.43. The van der Waals surface area contributed by atoms with Crippen molar-refractivity contribution in [1.29, 1.82) is 0 Å². The molecule has 2 radical (unpaired) electrons. The average Bonchev–Trinajstić information content (AvgIpc) is 3.03. The molecule has 2 fully saturated rings. The lowest BCUT2D eigenvalue weighted by molar-refractivity contribution is -0.306. The molecule has 128 valence electrons. The van der Waals surface area contributed by atoms with Crippen molar-refractivity contribution in [1.82, 2.24) is 0 Å². The Balaban J connectivity index is 1.65. The first-order valence-electron chi connectivity index (χ1n) is 7.55. The summed E-state index contributed by atoms with van der Waals surface area (Å²) in [6.07, 6.45) is -0.902. The number of benzene rings is 1. The molecule has 1 saturated carbocycles. The van der Waals surface area contributed by atoms with Crippen LogP contribution in [0.1, 0.15) is 24.8 Å². The van der Waals surface area contributed by atoms with Gasteiger partial charge in [-0.1, -0.05) is 30.3 Å². The molecular formula is C17H15F3O4. The van der Waals surface area contributed by atoms with Crippen LogP contribution < -0.4 is 0 Å². The molecule has 0 bridgehead atoms. The number of epoxide rings is 1. The van der Waals surface area contributed by atoms with Gasteiger partial charge in [-0.2, -0.15) is 0 Å². The summed E-state index contributed by atoms with van der Waals surface area (Å²) in [5.74, 6) is -2.68. The Labute approximate surface area is 136 Å². The number of ether oxygens (including phenoxy) is 2. The molecule has 0 amide bonds. The first kappa shape index (κ1) is 16.8. The van der Waals surface area contributed by atoms with Crippen LogP contribution in [0.3, 0.4) is 0 Å². The lowest BCUT2D eigenvalue weighted by Gasteiger charge is -2.20. The molecular weight excluding hydrogens is 325 g/mol. The zero-order valence-corrected chi connectivity index (χ0v) is 12.6. The largest absolute Gasteiger partial charge is 0.575 e. The summed E-state index contributed by atoms with van der Waals surface area (Å²) in [5, 5.41) is 0. The van der Waals surface area contributed by atoms with Gasteiger partial charge < -0.3 is 9.47 Å². The molecule has 1 aliphatic carbocycles. The van der Waals surface area contributed by atoms with Gasteiger partial charge >= 0.3 is 18.3 Å². The SMILES string of the molecule is O=C(CC1C(C[CH]c2ccccc2)C[CH]C12OC2=O)OC(F)(F)F. The van der Waals surface area contributed by atoms with Crippen molar-refractivity contribution in [3.05, 3.63) is 48.7 Å². The Morgan fingerprint density at radius 3 is 2.58 bits per heavy atom. The Kier molecular flexibility index (Phi) is 4.27. The maximum absolute atomic E-state index is 12.2. The van der Waals surface area contributed by atoms with Crippen molar-refractivity contribution in [2.24, 2.45) is 11.8 Å². The minimum atomic E-state index is -5.02. The van der Waals surface area contributed by atoms with Gasteiger partial charge in [0.25, 0.3) is 0 Å². The number of carbonyl (C=O) groups is 2. The summed E-state index contributed by atoms with van der Waals surface area (Å²) in [7, 11) is 0. The smallest absolute Gasteiger partial charge is 0.443 e. The van der Waals surface area contributed by atoms with Crippen LogP contribution in [0.25, 0.3) is 0 Å². The highest BCUT2D eigenvalue weighted by Gasteiger charge is 2.68. The van der Waals surface area contributed by atoms with Crippen LogP contribution in [0, 0.1) is 24.7 Å². The average molecular weight is 340 g/mol. The van der Waals surface area contributed by atoms with Crippen molar-refractivity contribution in [2.45, 2.75) is 31.2 Å². The van der Waals surface area contributed by atoms with Gasteiger partial charge in [-0.3, -0.25) is 4.79 Å². The summed E-state index contributed by atoms with van der Waals surface area (Å²) < 4.78 is 45.0. The fourth-order valence-corrected chi connectivity index (χ4v) is 3.28. The van der Waals surface area contributed by atoms with Crippen molar-refractivity contribution in [3.63, 3.8) is 0 Å². The number of esters is 1. The maximum Gasteiger partial charge on any atom is 0.575 e. The fraction of sp³-hybridized carbons (Fsp3) is 0.412. The normalized spacial score (nSPS) is 28.7. The van der Waals surface area contributed by atoms with E-state index >= 15 is 0 Å². The second-order valence-electron chi connectivity index (χ2n) is 5.96. The van der Waals surface area contributed by atoms with Gasteiger partial charge in [0, 0.05) is 12.3 Å². The number of rotatable bonds is 5. The molecule has 1 spiro atoms. The van der Waals surface area contributed by atoms with Gasteiger partial charge in [0.2, 0.25) is 5.60 Å². The number of hydrogen-bond donors (Lipinski definition) is 0. The van der Waals surface area contributed by atoms with E-state index in [2.05, 4.69) is 4.74 Å². The molecule has 1 aromatic carbocycles. The summed E-state index contributed by atoms with van der Waals surface area (Å²) >= 11 is 0. The molecule has 2 aliphatic rings. The zero-order valence-electron chi connectivity index (χ0n) is 12.6. The van der Waals surface area contributed by atoms with Crippen molar-refractivity contribution >= 4 is 11.9 Å². The number of halogens is 3. The van der Waals surface area contributed by atoms with Gasteiger partial charge in [0.1, 0.15) is 0 Å². The molecule has 24 heavy (non-hydrogen) atoms. The van der Waals surface area contributed by atoms with Crippen LogP contribution in [0.5, 0.6) is 0 Å². The highest BCUT2D eigenvalue weighted by Crippen LogP contribution is 2.54. The van der Waals surface area contributed by atoms with Crippen LogP contribution in [0.2, 0.25) is 0 Å². The highest BCUT2D eigenvalue weighted by atomic mass is 19.4. The standard InChI is InChI=1S/C17H15F3O4/c18-17(19,20)23-14(21)10-13-12(8-9-16(13)15(22)24-16)7-6-11-4-2-1-3-5-11/h1-6,9,12-13H,7-8,10H2. The maximum atomic E-state index is 12.2. The second-order valence-corrected chi connectivity index (χ2v) is 5.96. The van der Waals surface area contributed by atoms with Crippen LogP contribution in [-0.4, -0.2) is 23.9 Å². The van der Waals surface area contributed by atoms with Gasteiger partial charge in [-0.25, -0.2) is 4.79 Å². The molecule has 0 N–H and O–H groups in total. The molecule has 1 aromatic rings. The van der Waals surface area contributed by atoms with E-state index in [-0.39, 0.29) is 5.92 Å². The van der Waals surface area contributed by atoms with Crippen LogP contribution >= 0.6 is 0 Å². The quantitative estimate of drug-likeness (QED) is 0.610. The summed E-state index contributed by atoms with van der Waals surface area (Å²) in [6.45, 7) is 0. The number of hydrogen-bond acceptors (Lipinski definition) is 4. The Bertz CT molecular complexity index is 628. The van der Waals surface area contributed by atoms with E-state index in [1.54, 1.807) is 6.42 Å². The summed E-state index contributed by atoms with van der Waals surface area (Å²) in [5.41, 5.74) is -0.238. The van der Waals surface area contributed by atoms with Crippen molar-refractivity contribution in [3.8, 4) is 0 Å². The first-order chi connectivity index (χ1) is 11.3. The van der Waals surface area contributed by atoms with Gasteiger partial charge in [0.15, 0.2) is 0 Å². The van der Waals surface area contributed by atoms with Crippen molar-refractivity contribution < 1.29 is 32.2 Å². The predicted octanol–water partition coefficient (Wildman–Crippen LogP) is 3.22. The van der Waals surface area contributed by atoms with Gasteiger partial charge in [-0.15, -0.1) is 13.2 Å². The Hall–Kier alpha value is -2.05. The molecule has 0 aromatic heterocycles. The lowest BCUT2D eigenvalue weighted by atomic mass is 9.83. The Morgan fingerprint density at radius 1 is 1.33 bits per heavy atom. The van der Waals surface area contributed by atoms with E-state index in [1.807, 2.05) is 36.8 Å². The minimum Gasteiger partial charge on any atom is -0.443 e. The zero-order chi connectivity index (χ0) is 17.4. The molecule has 1 saturated heterocycles.